The van der Waals surface area contributed by atoms with Crippen LogP contribution in [0.3, 0.4) is 0 Å². The molecule has 1 aliphatic rings. The lowest BCUT2D eigenvalue weighted by atomic mass is 9.92. The average molecular weight is 269 g/mol. The van der Waals surface area contributed by atoms with E-state index in [1.807, 2.05) is 6.92 Å². The quantitative estimate of drug-likeness (QED) is 0.884. The van der Waals surface area contributed by atoms with E-state index < -0.39 is 11.6 Å². The molecule has 19 heavy (non-hydrogen) atoms. The van der Waals surface area contributed by atoms with Crippen LogP contribution >= 0.6 is 0 Å². The molecule has 1 fully saturated rings. The van der Waals surface area contributed by atoms with E-state index in [0.29, 0.717) is 18.1 Å². The largest absolute Gasteiger partial charge is 0.376 e. The molecule has 0 bridgehead atoms. The van der Waals surface area contributed by atoms with Crippen LogP contribution in [0.4, 0.5) is 8.78 Å². The molecule has 0 saturated carbocycles. The molecule has 0 amide bonds. The summed E-state index contributed by atoms with van der Waals surface area (Å²) >= 11 is 0. The number of nitrogens with one attached hydrogen (secondary N) is 1. The maximum absolute atomic E-state index is 14.0. The Bertz CT molecular complexity index is 425. The minimum atomic E-state index is -0.800. The molecule has 3 atom stereocenters. The number of rotatable bonds is 5. The number of halogens is 2. The Hall–Kier alpha value is -1.00. The van der Waals surface area contributed by atoms with Crippen molar-refractivity contribution in [2.24, 2.45) is 5.92 Å². The Morgan fingerprint density at radius 1 is 1.42 bits per heavy atom. The maximum atomic E-state index is 14.0. The molecule has 106 valence electrons. The Morgan fingerprint density at radius 2 is 2.21 bits per heavy atom. The molecule has 1 heterocycles. The molecule has 2 rings (SSSR count). The topological polar surface area (TPSA) is 21.3 Å². The van der Waals surface area contributed by atoms with Gasteiger partial charge in [0.1, 0.15) is 0 Å². The molecule has 1 aliphatic heterocycles. The van der Waals surface area contributed by atoms with E-state index in [2.05, 4.69) is 12.2 Å². The highest BCUT2D eigenvalue weighted by Crippen LogP contribution is 2.32. The van der Waals surface area contributed by atoms with Crippen LogP contribution in [-0.4, -0.2) is 19.3 Å². The van der Waals surface area contributed by atoms with Gasteiger partial charge >= 0.3 is 0 Å². The Kier molecular flexibility index (Phi) is 4.88. The minimum absolute atomic E-state index is 0.0946. The van der Waals surface area contributed by atoms with Crippen molar-refractivity contribution in [2.45, 2.75) is 38.8 Å². The molecule has 1 aromatic rings. The van der Waals surface area contributed by atoms with Crippen LogP contribution in [0.25, 0.3) is 0 Å². The molecular weight excluding hydrogens is 248 g/mol. The van der Waals surface area contributed by atoms with Crippen LogP contribution in [0.2, 0.25) is 0 Å². The monoisotopic (exact) mass is 269 g/mol. The second kappa shape index (κ2) is 6.44. The van der Waals surface area contributed by atoms with Gasteiger partial charge in [-0.15, -0.1) is 0 Å². The van der Waals surface area contributed by atoms with Gasteiger partial charge in [-0.05, 0) is 31.4 Å². The van der Waals surface area contributed by atoms with Crippen molar-refractivity contribution in [1.82, 2.24) is 5.32 Å². The number of ether oxygens (including phenoxy) is 1. The summed E-state index contributed by atoms with van der Waals surface area (Å²) in [5.74, 6) is -1.22. The van der Waals surface area contributed by atoms with E-state index in [0.717, 1.165) is 25.5 Å². The zero-order valence-electron chi connectivity index (χ0n) is 11.5. The van der Waals surface area contributed by atoms with Gasteiger partial charge in [-0.1, -0.05) is 26.0 Å². The highest BCUT2D eigenvalue weighted by Gasteiger charge is 2.34. The molecule has 1 aromatic carbocycles. The van der Waals surface area contributed by atoms with Gasteiger partial charge in [0.25, 0.3) is 0 Å². The van der Waals surface area contributed by atoms with Gasteiger partial charge in [-0.25, -0.2) is 8.78 Å². The number of hydrogen-bond donors (Lipinski definition) is 1. The second-order valence-electron chi connectivity index (χ2n) is 5.18. The molecule has 4 heteroatoms. The smallest absolute Gasteiger partial charge is 0.163 e. The fourth-order valence-electron chi connectivity index (χ4n) is 2.61. The number of benzene rings is 1. The first-order chi connectivity index (χ1) is 9.15. The highest BCUT2D eigenvalue weighted by molar-refractivity contribution is 5.24. The van der Waals surface area contributed by atoms with Gasteiger partial charge in [0.15, 0.2) is 11.6 Å². The fraction of sp³-hybridized carbons (Fsp3) is 0.600. The summed E-state index contributed by atoms with van der Waals surface area (Å²) in [6.45, 7) is 5.58. The summed E-state index contributed by atoms with van der Waals surface area (Å²) in [6.07, 6.45) is 1.81. The van der Waals surface area contributed by atoms with Gasteiger partial charge in [0.2, 0.25) is 0 Å². The molecule has 0 spiro atoms. The lowest BCUT2D eigenvalue weighted by Crippen LogP contribution is -2.36. The summed E-state index contributed by atoms with van der Waals surface area (Å²) < 4.78 is 33.1. The van der Waals surface area contributed by atoms with Gasteiger partial charge < -0.3 is 10.1 Å². The Balaban J connectivity index is 2.28. The first kappa shape index (κ1) is 14.4. The zero-order chi connectivity index (χ0) is 13.8. The van der Waals surface area contributed by atoms with Crippen LogP contribution in [0.1, 0.15) is 38.3 Å². The van der Waals surface area contributed by atoms with Gasteiger partial charge in [0, 0.05) is 12.2 Å². The molecule has 1 saturated heterocycles. The van der Waals surface area contributed by atoms with Crippen LogP contribution in [0, 0.1) is 17.6 Å². The summed E-state index contributed by atoms with van der Waals surface area (Å²) in [6, 6.07) is 4.05. The normalized spacial score (nSPS) is 24.6. The fourth-order valence-corrected chi connectivity index (χ4v) is 2.61. The SMILES string of the molecule is CCCNC(c1cccc(F)c1F)C1OCCC1C. The van der Waals surface area contributed by atoms with E-state index in [4.69, 9.17) is 4.74 Å². The molecule has 0 aliphatic carbocycles. The van der Waals surface area contributed by atoms with Crippen molar-refractivity contribution in [3.63, 3.8) is 0 Å². The Morgan fingerprint density at radius 3 is 2.84 bits per heavy atom. The number of hydrogen-bond acceptors (Lipinski definition) is 2. The van der Waals surface area contributed by atoms with Gasteiger partial charge in [-0.2, -0.15) is 0 Å². The van der Waals surface area contributed by atoms with Crippen molar-refractivity contribution >= 4 is 0 Å². The van der Waals surface area contributed by atoms with Crippen molar-refractivity contribution in [1.29, 1.82) is 0 Å². The molecule has 0 aromatic heterocycles. The van der Waals surface area contributed by atoms with Crippen LogP contribution in [0.15, 0.2) is 18.2 Å². The van der Waals surface area contributed by atoms with Crippen LogP contribution in [0.5, 0.6) is 0 Å². The lowest BCUT2D eigenvalue weighted by molar-refractivity contribution is 0.0594. The first-order valence-electron chi connectivity index (χ1n) is 6.94. The van der Waals surface area contributed by atoms with Crippen molar-refractivity contribution in [3.8, 4) is 0 Å². The standard InChI is InChI=1S/C15H21F2NO/c1-3-8-18-14(15-10(2)7-9-19-15)11-5-4-6-12(16)13(11)17/h4-6,10,14-15,18H,3,7-9H2,1-2H3. The first-order valence-corrected chi connectivity index (χ1v) is 6.94. The molecule has 1 N–H and O–H groups in total. The summed E-state index contributed by atoms with van der Waals surface area (Å²) in [5, 5.41) is 3.29. The third kappa shape index (κ3) is 3.12. The summed E-state index contributed by atoms with van der Waals surface area (Å²) in [7, 11) is 0. The van der Waals surface area contributed by atoms with E-state index in [1.54, 1.807) is 12.1 Å². The molecule has 3 unspecified atom stereocenters. The minimum Gasteiger partial charge on any atom is -0.376 e. The molecular formula is C15H21F2NO. The molecule has 2 nitrogen and oxygen atoms in total. The van der Waals surface area contributed by atoms with Crippen LogP contribution < -0.4 is 5.32 Å². The van der Waals surface area contributed by atoms with E-state index in [-0.39, 0.29) is 12.1 Å². The van der Waals surface area contributed by atoms with Crippen LogP contribution in [-0.2, 0) is 4.74 Å². The maximum Gasteiger partial charge on any atom is 0.163 e. The third-order valence-electron chi connectivity index (χ3n) is 3.70. The summed E-state index contributed by atoms with van der Waals surface area (Å²) in [5.41, 5.74) is 0.368. The lowest BCUT2D eigenvalue weighted by Gasteiger charge is -2.28. The predicted molar refractivity (Wildman–Crippen MR) is 70.9 cm³/mol. The van der Waals surface area contributed by atoms with Crippen molar-refractivity contribution in [3.05, 3.63) is 35.4 Å². The predicted octanol–water partition coefficient (Wildman–Crippen LogP) is 3.43. The Labute approximate surface area is 113 Å². The van der Waals surface area contributed by atoms with E-state index in [1.165, 1.54) is 0 Å². The van der Waals surface area contributed by atoms with Gasteiger partial charge in [-0.3, -0.25) is 0 Å². The third-order valence-corrected chi connectivity index (χ3v) is 3.70. The second-order valence-corrected chi connectivity index (χ2v) is 5.18. The highest BCUT2D eigenvalue weighted by atomic mass is 19.2. The van der Waals surface area contributed by atoms with E-state index in [9.17, 15) is 8.78 Å². The average Bonchev–Trinajstić information content (AvgIpc) is 2.81. The van der Waals surface area contributed by atoms with Crippen molar-refractivity contribution < 1.29 is 13.5 Å². The summed E-state index contributed by atoms with van der Waals surface area (Å²) in [4.78, 5) is 0. The molecule has 0 radical (unpaired) electrons. The van der Waals surface area contributed by atoms with Crippen molar-refractivity contribution in [2.75, 3.05) is 13.2 Å². The zero-order valence-corrected chi connectivity index (χ0v) is 11.5. The van der Waals surface area contributed by atoms with E-state index >= 15 is 0 Å². The van der Waals surface area contributed by atoms with Gasteiger partial charge in [0.05, 0.1) is 12.1 Å².